The second-order valence-corrected chi connectivity index (χ2v) is 6.95. The highest BCUT2D eigenvalue weighted by Crippen LogP contribution is 2.30. The van der Waals surface area contributed by atoms with Gasteiger partial charge in [0.15, 0.2) is 4.90 Å². The van der Waals surface area contributed by atoms with Crippen LogP contribution in [0.5, 0.6) is 0 Å². The van der Waals surface area contributed by atoms with Crippen LogP contribution in [0.2, 0.25) is 5.02 Å². The number of amides is 1. The Hall–Kier alpha value is -2.65. The Labute approximate surface area is 142 Å². The molecule has 0 atom stereocenters. The maximum absolute atomic E-state index is 12.9. The van der Waals surface area contributed by atoms with Gasteiger partial charge in [-0.3, -0.25) is 19.2 Å². The second kappa shape index (κ2) is 6.85. The normalized spacial score (nSPS) is 11.0. The Balaban J connectivity index is 2.62. The standard InChI is InChI=1S/C14H12ClN3O5S/c15-10-5-7-11(8-6-10)17(9-14(16)19)24(22,23)13-4-2-1-3-12(13)18(20)21/h1-8H,9H2,(H2,16,19). The van der Waals surface area contributed by atoms with Gasteiger partial charge < -0.3 is 5.73 Å². The number of nitrogens with zero attached hydrogens (tertiary/aromatic N) is 2. The van der Waals surface area contributed by atoms with E-state index < -0.39 is 38.0 Å². The first-order valence-corrected chi connectivity index (χ1v) is 8.35. The molecule has 0 bridgehead atoms. The molecule has 0 aliphatic heterocycles. The summed E-state index contributed by atoms with van der Waals surface area (Å²) in [5.41, 5.74) is 4.64. The summed E-state index contributed by atoms with van der Waals surface area (Å²) in [4.78, 5) is 21.1. The summed E-state index contributed by atoms with van der Waals surface area (Å²) in [5.74, 6) is -0.910. The summed E-state index contributed by atoms with van der Waals surface area (Å²) in [7, 11) is -4.39. The fourth-order valence-corrected chi connectivity index (χ4v) is 3.73. The zero-order valence-corrected chi connectivity index (χ0v) is 13.7. The Morgan fingerprint density at radius 3 is 2.29 bits per heavy atom. The van der Waals surface area contributed by atoms with Crippen LogP contribution in [0.15, 0.2) is 53.4 Å². The third-order valence-electron chi connectivity index (χ3n) is 3.04. The van der Waals surface area contributed by atoms with Gasteiger partial charge in [-0.25, -0.2) is 8.42 Å². The zero-order valence-electron chi connectivity index (χ0n) is 12.1. The van der Waals surface area contributed by atoms with Crippen LogP contribution >= 0.6 is 11.6 Å². The predicted octanol–water partition coefficient (Wildman–Crippen LogP) is 1.93. The Kier molecular flexibility index (Phi) is 5.05. The molecule has 2 rings (SSSR count). The van der Waals surface area contributed by atoms with Crippen molar-refractivity contribution < 1.29 is 18.1 Å². The van der Waals surface area contributed by atoms with E-state index in [2.05, 4.69) is 0 Å². The first kappa shape index (κ1) is 17.7. The molecule has 126 valence electrons. The van der Waals surface area contributed by atoms with Crippen LogP contribution in [0.3, 0.4) is 0 Å². The van der Waals surface area contributed by atoms with Crippen molar-refractivity contribution in [1.29, 1.82) is 0 Å². The topological polar surface area (TPSA) is 124 Å². The van der Waals surface area contributed by atoms with Crippen molar-refractivity contribution in [3.8, 4) is 0 Å². The number of carbonyl (C=O) groups excluding carboxylic acids is 1. The lowest BCUT2D eigenvalue weighted by Gasteiger charge is -2.23. The summed E-state index contributed by atoms with van der Waals surface area (Å²) < 4.78 is 26.4. The van der Waals surface area contributed by atoms with Crippen LogP contribution in [0.4, 0.5) is 11.4 Å². The van der Waals surface area contributed by atoms with Gasteiger partial charge in [-0.1, -0.05) is 23.7 Å². The van der Waals surface area contributed by atoms with Crippen molar-refractivity contribution in [3.05, 3.63) is 63.7 Å². The zero-order chi connectivity index (χ0) is 17.9. The number of nitro benzene ring substituents is 1. The molecule has 2 aromatic rings. The minimum atomic E-state index is -4.39. The van der Waals surface area contributed by atoms with Crippen LogP contribution in [-0.2, 0) is 14.8 Å². The van der Waals surface area contributed by atoms with Crippen molar-refractivity contribution in [3.63, 3.8) is 0 Å². The van der Waals surface area contributed by atoms with E-state index in [1.807, 2.05) is 0 Å². The number of hydrogen-bond acceptors (Lipinski definition) is 5. The molecule has 24 heavy (non-hydrogen) atoms. The van der Waals surface area contributed by atoms with Gasteiger partial charge in [0.2, 0.25) is 5.91 Å². The van der Waals surface area contributed by atoms with Gasteiger partial charge >= 0.3 is 0 Å². The SMILES string of the molecule is NC(=O)CN(c1ccc(Cl)cc1)S(=O)(=O)c1ccccc1[N+](=O)[O-]. The molecular weight excluding hydrogens is 358 g/mol. The summed E-state index contributed by atoms with van der Waals surface area (Å²) in [6, 6.07) is 10.5. The molecule has 0 heterocycles. The lowest BCUT2D eigenvalue weighted by Crippen LogP contribution is -2.38. The first-order chi connectivity index (χ1) is 11.2. The van der Waals surface area contributed by atoms with Crippen molar-refractivity contribution in [2.75, 3.05) is 10.8 Å². The molecule has 0 radical (unpaired) electrons. The molecule has 0 aliphatic carbocycles. The van der Waals surface area contributed by atoms with Crippen molar-refractivity contribution in [2.45, 2.75) is 4.90 Å². The summed E-state index contributed by atoms with van der Waals surface area (Å²) >= 11 is 5.77. The predicted molar refractivity (Wildman–Crippen MR) is 88.3 cm³/mol. The van der Waals surface area contributed by atoms with Crippen molar-refractivity contribution in [2.24, 2.45) is 5.73 Å². The molecule has 0 saturated carbocycles. The van der Waals surface area contributed by atoms with E-state index in [1.165, 1.54) is 36.4 Å². The van der Waals surface area contributed by atoms with Gasteiger partial charge in [0, 0.05) is 11.1 Å². The number of primary amides is 1. The number of nitrogens with two attached hydrogens (primary N) is 1. The number of hydrogen-bond donors (Lipinski definition) is 1. The molecule has 0 aromatic heterocycles. The molecule has 0 spiro atoms. The number of anilines is 1. The summed E-state index contributed by atoms with van der Waals surface area (Å²) in [6.07, 6.45) is 0. The van der Waals surface area contributed by atoms with E-state index >= 15 is 0 Å². The van der Waals surface area contributed by atoms with Crippen LogP contribution in [0, 0.1) is 10.1 Å². The van der Waals surface area contributed by atoms with E-state index in [0.29, 0.717) is 9.33 Å². The van der Waals surface area contributed by atoms with Crippen LogP contribution in [0.25, 0.3) is 0 Å². The average molecular weight is 370 g/mol. The van der Waals surface area contributed by atoms with E-state index in [9.17, 15) is 23.3 Å². The largest absolute Gasteiger partial charge is 0.368 e. The summed E-state index contributed by atoms with van der Waals surface area (Å²) in [6.45, 7) is -0.671. The maximum atomic E-state index is 12.9. The number of nitro groups is 1. The lowest BCUT2D eigenvalue weighted by molar-refractivity contribution is -0.387. The van der Waals surface area contributed by atoms with Crippen LogP contribution in [0.1, 0.15) is 0 Å². The smallest absolute Gasteiger partial charge is 0.289 e. The van der Waals surface area contributed by atoms with Gasteiger partial charge in [0.25, 0.3) is 15.7 Å². The third kappa shape index (κ3) is 3.63. The molecule has 0 fully saturated rings. The number of para-hydroxylation sites is 1. The van der Waals surface area contributed by atoms with E-state index in [1.54, 1.807) is 0 Å². The average Bonchev–Trinajstić information content (AvgIpc) is 2.53. The molecule has 10 heteroatoms. The van der Waals surface area contributed by atoms with Gasteiger partial charge in [0.1, 0.15) is 6.54 Å². The number of benzene rings is 2. The van der Waals surface area contributed by atoms with Gasteiger partial charge in [0.05, 0.1) is 10.6 Å². The number of halogens is 1. The van der Waals surface area contributed by atoms with E-state index in [0.717, 1.165) is 12.1 Å². The fraction of sp³-hybridized carbons (Fsp3) is 0.0714. The monoisotopic (exact) mass is 369 g/mol. The quantitative estimate of drug-likeness (QED) is 0.615. The Morgan fingerprint density at radius 1 is 1.17 bits per heavy atom. The van der Waals surface area contributed by atoms with Gasteiger partial charge in [-0.05, 0) is 30.3 Å². The van der Waals surface area contributed by atoms with Gasteiger partial charge in [-0.2, -0.15) is 0 Å². The summed E-state index contributed by atoms with van der Waals surface area (Å²) in [5, 5.41) is 11.5. The second-order valence-electron chi connectivity index (χ2n) is 4.68. The molecule has 1 amide bonds. The van der Waals surface area contributed by atoms with Crippen molar-refractivity contribution in [1.82, 2.24) is 0 Å². The van der Waals surface area contributed by atoms with Crippen LogP contribution in [-0.4, -0.2) is 25.8 Å². The first-order valence-electron chi connectivity index (χ1n) is 6.53. The minimum absolute atomic E-state index is 0.108. The molecule has 0 unspecified atom stereocenters. The minimum Gasteiger partial charge on any atom is -0.368 e. The maximum Gasteiger partial charge on any atom is 0.289 e. The van der Waals surface area contributed by atoms with E-state index in [-0.39, 0.29) is 5.69 Å². The Bertz CT molecular complexity index is 884. The fourth-order valence-electron chi connectivity index (χ4n) is 2.01. The highest BCUT2D eigenvalue weighted by Gasteiger charge is 2.32. The van der Waals surface area contributed by atoms with Gasteiger partial charge in [-0.15, -0.1) is 0 Å². The molecule has 0 saturated heterocycles. The van der Waals surface area contributed by atoms with E-state index in [4.69, 9.17) is 17.3 Å². The van der Waals surface area contributed by atoms with Crippen LogP contribution < -0.4 is 10.0 Å². The third-order valence-corrected chi connectivity index (χ3v) is 5.12. The number of carbonyl (C=O) groups is 1. The molecule has 8 nitrogen and oxygen atoms in total. The molecule has 0 aliphatic rings. The number of rotatable bonds is 6. The van der Waals surface area contributed by atoms with Crippen molar-refractivity contribution >= 4 is 38.9 Å². The molecule has 2 N–H and O–H groups in total. The lowest BCUT2D eigenvalue weighted by atomic mass is 10.3. The highest BCUT2D eigenvalue weighted by atomic mass is 35.5. The molecular formula is C14H12ClN3O5S. The molecule has 2 aromatic carbocycles. The highest BCUT2D eigenvalue weighted by molar-refractivity contribution is 7.93. The number of sulfonamides is 1. The Morgan fingerprint density at radius 2 is 1.75 bits per heavy atom.